The average Bonchev–Trinajstić information content (AvgIpc) is 2.91. The zero-order chi connectivity index (χ0) is 28.7. The first kappa shape index (κ1) is 43.6. The van der Waals surface area contributed by atoms with Crippen molar-refractivity contribution in [2.24, 2.45) is 5.92 Å². The molecule has 0 N–H and O–H groups in total. The molecule has 0 aliphatic carbocycles. The minimum atomic E-state index is -4.59. The maximum atomic E-state index is 11.0. The summed E-state index contributed by atoms with van der Waals surface area (Å²) in [4.78, 5) is 0. The quantitative estimate of drug-likeness (QED) is 0.0321. The van der Waals surface area contributed by atoms with Crippen LogP contribution in [0.25, 0.3) is 0 Å². The van der Waals surface area contributed by atoms with E-state index >= 15 is 0 Å². The maximum absolute atomic E-state index is 11.0. The van der Waals surface area contributed by atoms with Gasteiger partial charge in [0.15, 0.2) is 0 Å². The van der Waals surface area contributed by atoms with Crippen LogP contribution in [-0.2, 0) is 14.6 Å². The first-order valence-electron chi connectivity index (χ1n) is 17.6. The average molecular weight is 613 g/mol. The van der Waals surface area contributed by atoms with Crippen LogP contribution in [0.5, 0.6) is 0 Å². The second-order valence-corrected chi connectivity index (χ2v) is 13.4. The van der Waals surface area contributed by atoms with Crippen molar-refractivity contribution in [1.82, 2.24) is 0 Å². The molecule has 0 saturated heterocycles. The zero-order valence-electron chi connectivity index (χ0n) is 27.5. The summed E-state index contributed by atoms with van der Waals surface area (Å²) in [6.45, 7) is 4.62. The Bertz CT molecular complexity index is 570. The molecule has 0 aromatic rings. The number of rotatable bonds is 33. The van der Waals surface area contributed by atoms with Crippen LogP contribution in [0.15, 0.2) is 0 Å². The van der Waals surface area contributed by atoms with Crippen LogP contribution in [0.2, 0.25) is 0 Å². The molecule has 0 heterocycles. The molecule has 0 saturated carbocycles. The van der Waals surface area contributed by atoms with Gasteiger partial charge in [-0.25, -0.2) is 8.42 Å². The van der Waals surface area contributed by atoms with Crippen molar-refractivity contribution in [2.75, 3.05) is 6.61 Å². The van der Waals surface area contributed by atoms with E-state index < -0.39 is 10.4 Å². The summed E-state index contributed by atoms with van der Waals surface area (Å²) in [5.41, 5.74) is 0. The van der Waals surface area contributed by atoms with Gasteiger partial charge in [0.05, 0.1) is 6.61 Å². The van der Waals surface area contributed by atoms with E-state index in [-0.39, 0.29) is 63.9 Å². The van der Waals surface area contributed by atoms with Crippen molar-refractivity contribution in [1.29, 1.82) is 0 Å². The first-order valence-corrected chi connectivity index (χ1v) is 18.9. The summed E-state index contributed by atoms with van der Waals surface area (Å²) in [7, 11) is -4.59. The Morgan fingerprint density at radius 3 is 0.900 bits per heavy atom. The minimum Gasteiger partial charge on any atom is -0.726 e. The van der Waals surface area contributed by atoms with E-state index in [1.54, 1.807) is 0 Å². The zero-order valence-corrected chi connectivity index (χ0v) is 31.5. The van der Waals surface area contributed by atoms with Crippen molar-refractivity contribution in [3.63, 3.8) is 0 Å². The first-order chi connectivity index (χ1) is 19.0. The molecule has 0 fully saturated rings. The smallest absolute Gasteiger partial charge is 0.726 e. The van der Waals surface area contributed by atoms with Crippen molar-refractivity contribution >= 4 is 10.4 Å². The van der Waals surface area contributed by atoms with E-state index in [9.17, 15) is 13.0 Å². The molecule has 1 unspecified atom stereocenters. The van der Waals surface area contributed by atoms with Crippen LogP contribution >= 0.6 is 0 Å². The minimum absolute atomic E-state index is 0. The fourth-order valence-electron chi connectivity index (χ4n) is 5.75. The van der Waals surface area contributed by atoms with Crippen LogP contribution in [0.4, 0.5) is 0 Å². The summed E-state index contributed by atoms with van der Waals surface area (Å²) in [6, 6.07) is 0. The fourth-order valence-corrected chi connectivity index (χ4v) is 6.10. The molecular weight excluding hydrogens is 544 g/mol. The molecule has 236 valence electrons. The van der Waals surface area contributed by atoms with Gasteiger partial charge in [0.25, 0.3) is 0 Å². The van der Waals surface area contributed by atoms with Crippen LogP contribution in [0, 0.1) is 5.92 Å². The van der Waals surface area contributed by atoms with Crippen molar-refractivity contribution in [3.05, 3.63) is 0 Å². The Kier molecular flexibility index (Phi) is 38.2. The summed E-state index contributed by atoms with van der Waals surface area (Å²) in [6.07, 6.45) is 39.5. The normalized spacial score (nSPS) is 12.5. The Labute approximate surface area is 295 Å². The summed E-state index contributed by atoms with van der Waals surface area (Å²) < 4.78 is 37.5. The maximum Gasteiger partial charge on any atom is 1.00 e. The molecule has 4 nitrogen and oxygen atoms in total. The van der Waals surface area contributed by atoms with Crippen molar-refractivity contribution < 1.29 is 68.5 Å². The van der Waals surface area contributed by atoms with Crippen LogP contribution < -0.4 is 51.4 Å². The molecule has 6 heteroatoms. The van der Waals surface area contributed by atoms with Gasteiger partial charge in [0.1, 0.15) is 0 Å². The Hall–Kier alpha value is 1.51. The van der Waals surface area contributed by atoms with Gasteiger partial charge in [-0.05, 0) is 18.8 Å². The molecule has 0 aliphatic rings. The largest absolute Gasteiger partial charge is 1.00 e. The molecule has 0 aromatic carbocycles. The molecule has 1 atom stereocenters. The van der Waals surface area contributed by atoms with Gasteiger partial charge >= 0.3 is 51.4 Å². The molecular formula is C34H69KO4S. The number of hydrogen-bond donors (Lipinski definition) is 0. The van der Waals surface area contributed by atoms with Gasteiger partial charge in [-0.2, -0.15) is 0 Å². The van der Waals surface area contributed by atoms with Crippen LogP contribution in [0.3, 0.4) is 0 Å². The van der Waals surface area contributed by atoms with E-state index in [1.165, 1.54) is 167 Å². The van der Waals surface area contributed by atoms with Crippen LogP contribution in [0.1, 0.15) is 206 Å². The van der Waals surface area contributed by atoms with Crippen molar-refractivity contribution in [2.45, 2.75) is 206 Å². The third kappa shape index (κ3) is 37.5. The summed E-state index contributed by atoms with van der Waals surface area (Å²) in [5, 5.41) is 0. The molecule has 40 heavy (non-hydrogen) atoms. The standard InChI is InChI=1S/C34H70O4S.K/c1-3-5-7-9-11-13-15-17-18-19-20-22-24-26-28-30-32-34(33-38-39(35,36)37)31-29-27-25-23-21-16-14-12-10-8-6-4-2;/h34H,3-33H2,1-2H3,(H,35,36,37);/q;+1/p-1. The van der Waals surface area contributed by atoms with E-state index in [4.69, 9.17) is 0 Å². The second kappa shape index (κ2) is 35.0. The predicted molar refractivity (Wildman–Crippen MR) is 169 cm³/mol. The van der Waals surface area contributed by atoms with Gasteiger partial charge in [-0.1, -0.05) is 194 Å². The summed E-state index contributed by atoms with van der Waals surface area (Å²) >= 11 is 0. The second-order valence-electron chi connectivity index (χ2n) is 12.3. The van der Waals surface area contributed by atoms with E-state index in [1.807, 2.05) is 0 Å². The third-order valence-corrected chi connectivity index (χ3v) is 8.80. The van der Waals surface area contributed by atoms with E-state index in [0.717, 1.165) is 25.7 Å². The molecule has 0 aromatic heterocycles. The molecule has 0 bridgehead atoms. The number of hydrogen-bond acceptors (Lipinski definition) is 4. The van der Waals surface area contributed by atoms with E-state index in [0.29, 0.717) is 0 Å². The van der Waals surface area contributed by atoms with Gasteiger partial charge in [0, 0.05) is 0 Å². The van der Waals surface area contributed by atoms with Crippen LogP contribution in [-0.4, -0.2) is 19.6 Å². The third-order valence-electron chi connectivity index (χ3n) is 8.38. The van der Waals surface area contributed by atoms with Gasteiger partial charge in [0.2, 0.25) is 10.4 Å². The number of unbranched alkanes of at least 4 members (excludes halogenated alkanes) is 26. The Morgan fingerprint density at radius 2 is 0.675 bits per heavy atom. The molecule has 0 spiro atoms. The molecule has 0 aliphatic heterocycles. The predicted octanol–water partition coefficient (Wildman–Crippen LogP) is 8.83. The SMILES string of the molecule is CCCCCCCCCCCCCCCCCCC(CCCCCCCCCCCCCC)COS(=O)(=O)[O-].[K+]. The Balaban J connectivity index is 0. The summed E-state index contributed by atoms with van der Waals surface area (Å²) in [5.74, 6) is 0.198. The fraction of sp³-hybridized carbons (Fsp3) is 1.00. The van der Waals surface area contributed by atoms with Gasteiger partial charge < -0.3 is 4.55 Å². The molecule has 0 radical (unpaired) electrons. The van der Waals surface area contributed by atoms with Gasteiger partial charge in [-0.3, -0.25) is 4.18 Å². The molecule has 0 amide bonds. The topological polar surface area (TPSA) is 66.4 Å². The monoisotopic (exact) mass is 612 g/mol. The molecule has 0 rings (SSSR count). The van der Waals surface area contributed by atoms with Gasteiger partial charge in [-0.15, -0.1) is 0 Å². The van der Waals surface area contributed by atoms with Crippen molar-refractivity contribution in [3.8, 4) is 0 Å². The Morgan fingerprint density at radius 1 is 0.450 bits per heavy atom. The van der Waals surface area contributed by atoms with E-state index in [2.05, 4.69) is 18.0 Å².